The zero-order valence-electron chi connectivity index (χ0n) is 15.2. The lowest BCUT2D eigenvalue weighted by Crippen LogP contribution is -2.41. The molecule has 2 aromatic rings. The van der Waals surface area contributed by atoms with E-state index in [1.807, 2.05) is 45.0 Å². The second kappa shape index (κ2) is 7.30. The van der Waals surface area contributed by atoms with Crippen LogP contribution in [0.3, 0.4) is 0 Å². The molecule has 0 spiro atoms. The van der Waals surface area contributed by atoms with Crippen molar-refractivity contribution in [1.82, 2.24) is 10.3 Å². The number of pyridine rings is 1. The zero-order valence-corrected chi connectivity index (χ0v) is 15.2. The van der Waals surface area contributed by atoms with Crippen LogP contribution in [0.25, 0.3) is 10.9 Å². The van der Waals surface area contributed by atoms with Crippen LogP contribution in [0.5, 0.6) is 5.75 Å². The molecule has 134 valence electrons. The Morgan fingerprint density at radius 2 is 2.00 bits per heavy atom. The number of fused-ring (bicyclic) bond motifs is 1. The molecule has 1 amide bonds. The molecular formula is C20H27N3O2. The van der Waals surface area contributed by atoms with Crippen LogP contribution in [0.2, 0.25) is 0 Å². The second-order valence-corrected chi connectivity index (χ2v) is 7.26. The summed E-state index contributed by atoms with van der Waals surface area (Å²) in [7, 11) is 0. The molecule has 0 unspecified atom stereocenters. The van der Waals surface area contributed by atoms with Crippen molar-refractivity contribution in [3.63, 3.8) is 0 Å². The van der Waals surface area contributed by atoms with Gasteiger partial charge in [0.25, 0.3) is 0 Å². The minimum absolute atomic E-state index is 0.0311. The van der Waals surface area contributed by atoms with Gasteiger partial charge in [-0.3, -0.25) is 9.78 Å². The molecular weight excluding hydrogens is 314 g/mol. The van der Waals surface area contributed by atoms with Crippen LogP contribution in [0.1, 0.15) is 45.2 Å². The predicted octanol–water partition coefficient (Wildman–Crippen LogP) is 3.59. The first-order valence-corrected chi connectivity index (χ1v) is 9.07. The molecule has 0 saturated heterocycles. The average molecular weight is 341 g/mol. The van der Waals surface area contributed by atoms with E-state index < -0.39 is 0 Å². The minimum atomic E-state index is 0.0311. The van der Waals surface area contributed by atoms with Gasteiger partial charge in [-0.25, -0.2) is 0 Å². The lowest BCUT2D eigenvalue weighted by Gasteiger charge is -2.30. The van der Waals surface area contributed by atoms with Crippen molar-refractivity contribution in [1.29, 1.82) is 0 Å². The fourth-order valence-corrected chi connectivity index (χ4v) is 3.39. The number of anilines is 1. The Balaban J connectivity index is 1.67. The van der Waals surface area contributed by atoms with Gasteiger partial charge in [-0.05, 0) is 50.8 Å². The Labute approximate surface area is 149 Å². The summed E-state index contributed by atoms with van der Waals surface area (Å²) in [4.78, 5) is 16.4. The summed E-state index contributed by atoms with van der Waals surface area (Å²) in [5.74, 6) is 0.966. The number of rotatable bonds is 4. The number of hydrogen-bond acceptors (Lipinski definition) is 4. The number of hydrogen-bond donors (Lipinski definition) is 2. The van der Waals surface area contributed by atoms with Gasteiger partial charge in [-0.15, -0.1) is 0 Å². The molecule has 1 aliphatic rings. The topological polar surface area (TPSA) is 77.2 Å². The van der Waals surface area contributed by atoms with E-state index in [2.05, 4.69) is 10.3 Å². The van der Waals surface area contributed by atoms with Gasteiger partial charge in [0.15, 0.2) is 0 Å². The highest BCUT2D eigenvalue weighted by atomic mass is 16.5. The minimum Gasteiger partial charge on any atom is -0.490 e. The van der Waals surface area contributed by atoms with Gasteiger partial charge in [0, 0.05) is 23.3 Å². The maximum Gasteiger partial charge on any atom is 0.222 e. The molecule has 1 aromatic carbocycles. The molecule has 1 fully saturated rings. The summed E-state index contributed by atoms with van der Waals surface area (Å²) in [5, 5.41) is 4.02. The molecule has 1 saturated carbocycles. The van der Waals surface area contributed by atoms with Crippen molar-refractivity contribution in [3.05, 3.63) is 30.0 Å². The summed E-state index contributed by atoms with van der Waals surface area (Å²) in [6.45, 7) is 5.78. The Kier molecular flexibility index (Phi) is 5.11. The number of aryl methyl sites for hydroxylation is 1. The number of carbonyl (C=O) groups excluding carboxylic acids is 1. The number of nitrogens with one attached hydrogen (secondary N) is 1. The number of ether oxygens (including phenoxy) is 1. The third kappa shape index (κ3) is 4.03. The molecule has 25 heavy (non-hydrogen) atoms. The number of nitrogen functional groups attached to an aromatic ring is 1. The highest BCUT2D eigenvalue weighted by molar-refractivity contribution is 5.95. The molecule has 0 aliphatic heterocycles. The number of aromatic nitrogens is 1. The fourth-order valence-electron chi connectivity index (χ4n) is 3.39. The van der Waals surface area contributed by atoms with Crippen LogP contribution in [0.15, 0.2) is 24.3 Å². The molecule has 5 nitrogen and oxygen atoms in total. The van der Waals surface area contributed by atoms with Crippen LogP contribution >= 0.6 is 0 Å². The average Bonchev–Trinajstić information content (AvgIpc) is 2.56. The predicted molar refractivity (Wildman–Crippen MR) is 101 cm³/mol. The first-order chi connectivity index (χ1) is 11.9. The number of nitrogens with two attached hydrogens (primary N) is 1. The molecule has 3 N–H and O–H groups in total. The first kappa shape index (κ1) is 17.5. The lowest BCUT2D eigenvalue weighted by atomic mass is 9.92. The summed E-state index contributed by atoms with van der Waals surface area (Å²) >= 11 is 0. The van der Waals surface area contributed by atoms with Crippen LogP contribution in [0, 0.1) is 12.8 Å². The van der Waals surface area contributed by atoms with Crippen LogP contribution in [0.4, 0.5) is 5.69 Å². The van der Waals surface area contributed by atoms with Gasteiger partial charge in [0.1, 0.15) is 5.75 Å². The SMILES string of the molecule is Cc1cc(N)c2c(OC3CCC(NC(=O)C(C)C)CC3)cccc2n1. The van der Waals surface area contributed by atoms with E-state index in [9.17, 15) is 4.79 Å². The third-order valence-corrected chi connectivity index (χ3v) is 4.79. The molecule has 0 atom stereocenters. The van der Waals surface area contributed by atoms with Crippen molar-refractivity contribution in [2.24, 2.45) is 5.92 Å². The van der Waals surface area contributed by atoms with Crippen LogP contribution in [-0.2, 0) is 4.79 Å². The highest BCUT2D eigenvalue weighted by Crippen LogP contribution is 2.33. The van der Waals surface area contributed by atoms with Gasteiger partial charge in [0.2, 0.25) is 5.91 Å². The maximum absolute atomic E-state index is 11.8. The Bertz CT molecular complexity index is 765. The smallest absolute Gasteiger partial charge is 0.222 e. The summed E-state index contributed by atoms with van der Waals surface area (Å²) in [5.41, 5.74) is 8.68. The van der Waals surface area contributed by atoms with Crippen molar-refractivity contribution in [2.75, 3.05) is 5.73 Å². The molecule has 0 bridgehead atoms. The van der Waals surface area contributed by atoms with Gasteiger partial charge < -0.3 is 15.8 Å². The van der Waals surface area contributed by atoms with E-state index in [1.54, 1.807) is 0 Å². The molecule has 3 rings (SSSR count). The van der Waals surface area contributed by atoms with E-state index in [0.717, 1.165) is 48.0 Å². The zero-order chi connectivity index (χ0) is 18.0. The van der Waals surface area contributed by atoms with Gasteiger partial charge in [0.05, 0.1) is 17.0 Å². The van der Waals surface area contributed by atoms with E-state index in [1.165, 1.54) is 0 Å². The molecule has 0 radical (unpaired) electrons. The number of benzene rings is 1. The van der Waals surface area contributed by atoms with E-state index in [4.69, 9.17) is 10.5 Å². The molecule has 1 aromatic heterocycles. The molecule has 5 heteroatoms. The van der Waals surface area contributed by atoms with Gasteiger partial charge >= 0.3 is 0 Å². The Morgan fingerprint density at radius 1 is 1.28 bits per heavy atom. The summed E-state index contributed by atoms with van der Waals surface area (Å²) < 4.78 is 6.26. The van der Waals surface area contributed by atoms with Crippen LogP contribution < -0.4 is 15.8 Å². The maximum atomic E-state index is 11.8. The van der Waals surface area contributed by atoms with Crippen molar-refractivity contribution in [3.8, 4) is 5.75 Å². The van der Waals surface area contributed by atoms with Crippen molar-refractivity contribution in [2.45, 2.75) is 58.6 Å². The molecule has 1 aliphatic carbocycles. The largest absolute Gasteiger partial charge is 0.490 e. The number of amides is 1. The van der Waals surface area contributed by atoms with Crippen LogP contribution in [-0.4, -0.2) is 23.0 Å². The van der Waals surface area contributed by atoms with Gasteiger partial charge in [-0.2, -0.15) is 0 Å². The van der Waals surface area contributed by atoms with E-state index in [-0.39, 0.29) is 24.0 Å². The number of nitrogens with zero attached hydrogens (tertiary/aromatic N) is 1. The van der Waals surface area contributed by atoms with Crippen molar-refractivity contribution >= 4 is 22.5 Å². The summed E-state index contributed by atoms with van der Waals surface area (Å²) in [6, 6.07) is 8.02. The fraction of sp³-hybridized carbons (Fsp3) is 0.500. The first-order valence-electron chi connectivity index (χ1n) is 9.07. The number of carbonyl (C=O) groups is 1. The van der Waals surface area contributed by atoms with E-state index in [0.29, 0.717) is 5.69 Å². The van der Waals surface area contributed by atoms with Gasteiger partial charge in [-0.1, -0.05) is 19.9 Å². The Morgan fingerprint density at radius 3 is 2.68 bits per heavy atom. The standard InChI is InChI=1S/C20H27N3O2/c1-12(2)20(24)23-14-7-9-15(10-8-14)25-18-6-4-5-17-19(18)16(21)11-13(3)22-17/h4-6,11-12,14-15H,7-10H2,1-3H3,(H2,21,22)(H,23,24). The van der Waals surface area contributed by atoms with E-state index >= 15 is 0 Å². The van der Waals surface area contributed by atoms with Crippen molar-refractivity contribution < 1.29 is 9.53 Å². The monoisotopic (exact) mass is 341 g/mol. The summed E-state index contributed by atoms with van der Waals surface area (Å²) in [6.07, 6.45) is 3.90. The lowest BCUT2D eigenvalue weighted by molar-refractivity contribution is -0.125. The third-order valence-electron chi connectivity index (χ3n) is 4.79. The Hall–Kier alpha value is -2.30. The quantitative estimate of drug-likeness (QED) is 0.891. The normalized spacial score (nSPS) is 20.6. The molecule has 1 heterocycles. The second-order valence-electron chi connectivity index (χ2n) is 7.26. The highest BCUT2D eigenvalue weighted by Gasteiger charge is 2.25.